The van der Waals surface area contributed by atoms with Crippen LogP contribution in [0.4, 0.5) is 24.8 Å². The minimum atomic E-state index is -4.42. The van der Waals surface area contributed by atoms with Crippen LogP contribution in [-0.4, -0.2) is 15.5 Å². The van der Waals surface area contributed by atoms with E-state index in [0.29, 0.717) is 28.1 Å². The standard InChI is InChI=1S/C23H19F3N4O/c1-14-5-8-18(9-6-14)28-22-29-19-12-16(21(27)31)7-10-20(19)30(22)13-15-3-2-4-17(11-15)23(24,25)26/h2-12H,13H2,1H3,(H2,27,31)(H,28,29). The van der Waals surface area contributed by atoms with Crippen LogP contribution in [0, 0.1) is 6.92 Å². The third-order valence-corrected chi connectivity index (χ3v) is 4.94. The number of nitrogens with zero attached hydrogens (tertiary/aromatic N) is 2. The minimum Gasteiger partial charge on any atom is -0.366 e. The number of nitrogens with two attached hydrogens (primary N) is 1. The zero-order chi connectivity index (χ0) is 22.2. The second-order valence-electron chi connectivity index (χ2n) is 7.28. The lowest BCUT2D eigenvalue weighted by molar-refractivity contribution is -0.137. The van der Waals surface area contributed by atoms with Gasteiger partial charge in [0.25, 0.3) is 0 Å². The van der Waals surface area contributed by atoms with E-state index in [4.69, 9.17) is 5.73 Å². The van der Waals surface area contributed by atoms with Crippen LogP contribution in [-0.2, 0) is 12.7 Å². The number of anilines is 2. The molecule has 0 radical (unpaired) electrons. The summed E-state index contributed by atoms with van der Waals surface area (Å²) in [6.07, 6.45) is -4.42. The van der Waals surface area contributed by atoms with E-state index >= 15 is 0 Å². The van der Waals surface area contributed by atoms with Crippen molar-refractivity contribution >= 4 is 28.6 Å². The number of amides is 1. The van der Waals surface area contributed by atoms with Gasteiger partial charge in [-0.15, -0.1) is 0 Å². The number of primary amides is 1. The molecule has 5 nitrogen and oxygen atoms in total. The molecule has 4 aromatic rings. The fourth-order valence-corrected chi connectivity index (χ4v) is 3.33. The third kappa shape index (κ3) is 4.37. The Hall–Kier alpha value is -3.81. The molecule has 0 aliphatic carbocycles. The molecule has 0 saturated carbocycles. The maximum absolute atomic E-state index is 13.1. The van der Waals surface area contributed by atoms with Crippen LogP contribution in [0.5, 0.6) is 0 Å². The van der Waals surface area contributed by atoms with E-state index in [1.807, 2.05) is 31.2 Å². The zero-order valence-corrected chi connectivity index (χ0v) is 16.6. The molecule has 8 heteroatoms. The van der Waals surface area contributed by atoms with Crippen LogP contribution >= 0.6 is 0 Å². The lowest BCUT2D eigenvalue weighted by Gasteiger charge is -2.13. The van der Waals surface area contributed by atoms with Crippen LogP contribution in [0.3, 0.4) is 0 Å². The molecule has 0 saturated heterocycles. The van der Waals surface area contributed by atoms with Crippen LogP contribution in [0.1, 0.15) is 27.0 Å². The van der Waals surface area contributed by atoms with Gasteiger partial charge in [0.15, 0.2) is 0 Å². The summed E-state index contributed by atoms with van der Waals surface area (Å²) >= 11 is 0. The molecule has 3 aromatic carbocycles. The number of fused-ring (bicyclic) bond motifs is 1. The highest BCUT2D eigenvalue weighted by molar-refractivity contribution is 5.96. The van der Waals surface area contributed by atoms with E-state index in [2.05, 4.69) is 10.3 Å². The molecule has 0 aliphatic heterocycles. The van der Waals surface area contributed by atoms with Gasteiger partial charge in [0, 0.05) is 11.3 Å². The molecule has 31 heavy (non-hydrogen) atoms. The molecule has 1 amide bonds. The summed E-state index contributed by atoms with van der Waals surface area (Å²) in [4.78, 5) is 16.1. The predicted molar refractivity (Wildman–Crippen MR) is 113 cm³/mol. The third-order valence-electron chi connectivity index (χ3n) is 4.94. The van der Waals surface area contributed by atoms with Crippen molar-refractivity contribution in [1.82, 2.24) is 9.55 Å². The number of hydrogen-bond donors (Lipinski definition) is 2. The average molecular weight is 424 g/mol. The summed E-state index contributed by atoms with van der Waals surface area (Å²) in [7, 11) is 0. The monoisotopic (exact) mass is 424 g/mol. The summed E-state index contributed by atoms with van der Waals surface area (Å²) in [5.41, 5.74) is 8.49. The van der Waals surface area contributed by atoms with Gasteiger partial charge in [-0.25, -0.2) is 4.98 Å². The van der Waals surface area contributed by atoms with E-state index in [-0.39, 0.29) is 6.54 Å². The number of carbonyl (C=O) groups excluding carboxylic acids is 1. The number of halogens is 3. The Morgan fingerprint density at radius 2 is 1.81 bits per heavy atom. The first-order chi connectivity index (χ1) is 14.7. The van der Waals surface area contributed by atoms with Gasteiger partial charge in [-0.1, -0.05) is 29.8 Å². The van der Waals surface area contributed by atoms with E-state index in [0.717, 1.165) is 23.4 Å². The molecular formula is C23H19F3N4O. The first kappa shape index (κ1) is 20.5. The van der Waals surface area contributed by atoms with Gasteiger partial charge in [0.2, 0.25) is 11.9 Å². The van der Waals surface area contributed by atoms with Crippen LogP contribution in [0.25, 0.3) is 11.0 Å². The summed E-state index contributed by atoms with van der Waals surface area (Å²) < 4.78 is 41.2. The topological polar surface area (TPSA) is 72.9 Å². The number of aryl methyl sites for hydroxylation is 1. The normalized spacial score (nSPS) is 11.6. The summed E-state index contributed by atoms with van der Waals surface area (Å²) in [6, 6.07) is 17.7. The Labute approximate surface area is 176 Å². The summed E-state index contributed by atoms with van der Waals surface area (Å²) in [5.74, 6) is -0.139. The SMILES string of the molecule is Cc1ccc(Nc2nc3cc(C(N)=O)ccc3n2Cc2cccc(C(F)(F)F)c2)cc1. The van der Waals surface area contributed by atoms with Crippen molar-refractivity contribution in [3.8, 4) is 0 Å². The number of benzene rings is 3. The van der Waals surface area contributed by atoms with E-state index < -0.39 is 17.6 Å². The van der Waals surface area contributed by atoms with Gasteiger partial charge in [0.1, 0.15) is 0 Å². The van der Waals surface area contributed by atoms with Crippen molar-refractivity contribution in [2.45, 2.75) is 19.6 Å². The predicted octanol–water partition coefficient (Wildman–Crippen LogP) is 5.25. The largest absolute Gasteiger partial charge is 0.416 e. The second-order valence-corrected chi connectivity index (χ2v) is 7.28. The molecule has 3 N–H and O–H groups in total. The number of rotatable bonds is 5. The second kappa shape index (κ2) is 7.79. The molecule has 4 rings (SSSR count). The number of carbonyl (C=O) groups is 1. The van der Waals surface area contributed by atoms with Gasteiger partial charge in [-0.05, 0) is 55.0 Å². The lowest BCUT2D eigenvalue weighted by Crippen LogP contribution is -2.10. The number of hydrogen-bond acceptors (Lipinski definition) is 3. The van der Waals surface area contributed by atoms with Crippen molar-refractivity contribution in [2.24, 2.45) is 5.73 Å². The Morgan fingerprint density at radius 1 is 1.06 bits per heavy atom. The Bertz CT molecular complexity index is 1260. The smallest absolute Gasteiger partial charge is 0.366 e. The van der Waals surface area contributed by atoms with Crippen molar-refractivity contribution < 1.29 is 18.0 Å². The van der Waals surface area contributed by atoms with Crippen molar-refractivity contribution in [3.05, 3.63) is 89.0 Å². The molecule has 0 atom stereocenters. The fraction of sp³-hybridized carbons (Fsp3) is 0.130. The Morgan fingerprint density at radius 3 is 2.48 bits per heavy atom. The lowest BCUT2D eigenvalue weighted by atomic mass is 10.1. The Balaban J connectivity index is 1.79. The Kier molecular flexibility index (Phi) is 5.14. The van der Waals surface area contributed by atoms with Crippen molar-refractivity contribution in [1.29, 1.82) is 0 Å². The average Bonchev–Trinajstić information content (AvgIpc) is 3.05. The minimum absolute atomic E-state index is 0.157. The highest BCUT2D eigenvalue weighted by atomic mass is 19.4. The highest BCUT2D eigenvalue weighted by Crippen LogP contribution is 2.31. The summed E-state index contributed by atoms with van der Waals surface area (Å²) in [6.45, 7) is 2.13. The van der Waals surface area contributed by atoms with Gasteiger partial charge in [-0.2, -0.15) is 13.2 Å². The van der Waals surface area contributed by atoms with Crippen LogP contribution in [0.2, 0.25) is 0 Å². The van der Waals surface area contributed by atoms with Crippen LogP contribution < -0.4 is 11.1 Å². The fourth-order valence-electron chi connectivity index (χ4n) is 3.33. The van der Waals surface area contributed by atoms with Gasteiger partial charge < -0.3 is 15.6 Å². The maximum Gasteiger partial charge on any atom is 0.416 e. The molecule has 0 bridgehead atoms. The highest BCUT2D eigenvalue weighted by Gasteiger charge is 2.30. The number of alkyl halides is 3. The molecule has 1 heterocycles. The molecule has 158 valence electrons. The molecule has 0 spiro atoms. The van der Waals surface area contributed by atoms with Crippen molar-refractivity contribution in [2.75, 3.05) is 5.32 Å². The van der Waals surface area contributed by atoms with E-state index in [1.165, 1.54) is 6.07 Å². The van der Waals surface area contributed by atoms with Gasteiger partial charge in [-0.3, -0.25) is 4.79 Å². The molecule has 0 unspecified atom stereocenters. The molecule has 1 aromatic heterocycles. The van der Waals surface area contributed by atoms with Gasteiger partial charge in [0.05, 0.1) is 23.1 Å². The van der Waals surface area contributed by atoms with E-state index in [9.17, 15) is 18.0 Å². The molecule has 0 aliphatic rings. The van der Waals surface area contributed by atoms with Gasteiger partial charge >= 0.3 is 6.18 Å². The first-order valence-corrected chi connectivity index (χ1v) is 9.50. The quantitative estimate of drug-likeness (QED) is 0.459. The molecule has 0 fully saturated rings. The number of imidazole rings is 1. The van der Waals surface area contributed by atoms with E-state index in [1.54, 1.807) is 28.8 Å². The molecular weight excluding hydrogens is 405 g/mol. The summed E-state index contributed by atoms with van der Waals surface area (Å²) in [5, 5.41) is 3.22. The number of nitrogens with one attached hydrogen (secondary N) is 1. The van der Waals surface area contributed by atoms with Crippen molar-refractivity contribution in [3.63, 3.8) is 0 Å². The first-order valence-electron chi connectivity index (χ1n) is 9.50. The maximum atomic E-state index is 13.1. The number of aromatic nitrogens is 2. The van der Waals surface area contributed by atoms with Crippen LogP contribution in [0.15, 0.2) is 66.7 Å². The zero-order valence-electron chi connectivity index (χ0n) is 16.6.